The number of nitrogens with zero attached hydrogens (tertiary/aromatic N) is 1. The van der Waals surface area contributed by atoms with E-state index in [4.69, 9.17) is 15.2 Å². The van der Waals surface area contributed by atoms with Gasteiger partial charge in [-0.3, -0.25) is 9.78 Å². The summed E-state index contributed by atoms with van der Waals surface area (Å²) in [7, 11) is 1.57. The summed E-state index contributed by atoms with van der Waals surface area (Å²) < 4.78 is 10.6. The van der Waals surface area contributed by atoms with Crippen LogP contribution in [0.2, 0.25) is 0 Å². The lowest BCUT2D eigenvalue weighted by atomic mass is 9.81. The zero-order valence-corrected chi connectivity index (χ0v) is 14.9. The van der Waals surface area contributed by atoms with Gasteiger partial charge in [-0.15, -0.1) is 12.4 Å². The largest absolute Gasteiger partial charge is 0.496 e. The summed E-state index contributed by atoms with van der Waals surface area (Å²) in [6, 6.07) is 11.3. The Morgan fingerprint density at radius 3 is 2.58 bits per heavy atom. The van der Waals surface area contributed by atoms with Gasteiger partial charge in [-0.2, -0.15) is 0 Å². The molecule has 1 aromatic heterocycles. The monoisotopic (exact) mass is 350 g/mol. The number of nitrogens with two attached hydrogens (primary N) is 1. The Balaban J connectivity index is 0.00000288. The van der Waals surface area contributed by atoms with E-state index in [1.54, 1.807) is 27.2 Å². The number of esters is 1. The van der Waals surface area contributed by atoms with Crippen LogP contribution in [0.25, 0.3) is 11.3 Å². The molecule has 1 unspecified atom stereocenters. The van der Waals surface area contributed by atoms with Crippen LogP contribution in [0.15, 0.2) is 42.6 Å². The minimum absolute atomic E-state index is 0. The van der Waals surface area contributed by atoms with Crippen molar-refractivity contribution in [2.24, 2.45) is 5.73 Å². The Labute approximate surface area is 148 Å². The zero-order valence-electron chi connectivity index (χ0n) is 14.1. The van der Waals surface area contributed by atoms with Gasteiger partial charge in [0.1, 0.15) is 11.2 Å². The van der Waals surface area contributed by atoms with Crippen LogP contribution < -0.4 is 10.5 Å². The van der Waals surface area contributed by atoms with E-state index >= 15 is 0 Å². The summed E-state index contributed by atoms with van der Waals surface area (Å²) in [5, 5.41) is 0. The second-order valence-corrected chi connectivity index (χ2v) is 5.39. The van der Waals surface area contributed by atoms with Crippen LogP contribution in [0.1, 0.15) is 19.4 Å². The normalized spacial score (nSPS) is 12.7. The first-order chi connectivity index (χ1) is 11.1. The highest BCUT2D eigenvalue weighted by molar-refractivity contribution is 5.85. The van der Waals surface area contributed by atoms with Crippen LogP contribution in [0, 0.1) is 0 Å². The number of ether oxygens (including phenoxy) is 2. The molecule has 2 N–H and O–H groups in total. The Bertz CT molecular complexity index is 679. The van der Waals surface area contributed by atoms with Crippen molar-refractivity contribution in [2.45, 2.75) is 19.3 Å². The lowest BCUT2D eigenvalue weighted by molar-refractivity contribution is -0.149. The van der Waals surface area contributed by atoms with Gasteiger partial charge in [0.2, 0.25) is 0 Å². The smallest absolute Gasteiger partial charge is 0.317 e. The number of pyridine rings is 1. The van der Waals surface area contributed by atoms with Crippen molar-refractivity contribution >= 4 is 18.4 Å². The van der Waals surface area contributed by atoms with Crippen molar-refractivity contribution in [3.05, 3.63) is 48.2 Å². The van der Waals surface area contributed by atoms with Crippen molar-refractivity contribution < 1.29 is 14.3 Å². The van der Waals surface area contributed by atoms with E-state index in [0.29, 0.717) is 17.9 Å². The Morgan fingerprint density at radius 1 is 1.29 bits per heavy atom. The summed E-state index contributed by atoms with van der Waals surface area (Å²) in [6.07, 6.45) is 1.73. The molecule has 6 heteroatoms. The fourth-order valence-corrected chi connectivity index (χ4v) is 2.43. The molecule has 0 bridgehead atoms. The molecule has 0 fully saturated rings. The van der Waals surface area contributed by atoms with Crippen molar-refractivity contribution in [2.75, 3.05) is 20.3 Å². The minimum atomic E-state index is -0.980. The van der Waals surface area contributed by atoms with Crippen LogP contribution in [0.5, 0.6) is 5.75 Å². The number of carbonyl (C=O) groups is 1. The topological polar surface area (TPSA) is 74.4 Å². The Kier molecular flexibility index (Phi) is 7.19. The van der Waals surface area contributed by atoms with Gasteiger partial charge >= 0.3 is 5.97 Å². The number of methoxy groups -OCH3 is 1. The molecule has 2 rings (SSSR count). The van der Waals surface area contributed by atoms with Crippen molar-refractivity contribution in [3.63, 3.8) is 0 Å². The lowest BCUT2D eigenvalue weighted by Gasteiger charge is -2.28. The van der Waals surface area contributed by atoms with E-state index < -0.39 is 5.41 Å². The highest BCUT2D eigenvalue weighted by Gasteiger charge is 2.38. The van der Waals surface area contributed by atoms with E-state index in [-0.39, 0.29) is 24.9 Å². The summed E-state index contributed by atoms with van der Waals surface area (Å²) >= 11 is 0. The molecule has 24 heavy (non-hydrogen) atoms. The predicted molar refractivity (Wildman–Crippen MR) is 96.5 cm³/mol. The number of hydrogen-bond acceptors (Lipinski definition) is 5. The van der Waals surface area contributed by atoms with Gasteiger partial charge in [0.25, 0.3) is 0 Å². The highest BCUT2D eigenvalue weighted by atomic mass is 35.5. The molecule has 130 valence electrons. The van der Waals surface area contributed by atoms with Crippen molar-refractivity contribution in [1.82, 2.24) is 4.98 Å². The van der Waals surface area contributed by atoms with Crippen LogP contribution in [-0.4, -0.2) is 31.2 Å². The molecule has 2 aromatic rings. The number of carbonyl (C=O) groups excluding carboxylic acids is 1. The fourth-order valence-electron chi connectivity index (χ4n) is 2.43. The van der Waals surface area contributed by atoms with Crippen LogP contribution in [0.3, 0.4) is 0 Å². The maximum atomic E-state index is 12.4. The van der Waals surface area contributed by atoms with Gasteiger partial charge in [0.15, 0.2) is 0 Å². The molecular formula is C18H23ClN2O3. The summed E-state index contributed by atoms with van der Waals surface area (Å²) in [4.78, 5) is 16.8. The predicted octanol–water partition coefficient (Wildman–Crippen LogP) is 2.96. The molecule has 0 aliphatic carbocycles. The number of benzene rings is 1. The lowest BCUT2D eigenvalue weighted by Crippen LogP contribution is -2.41. The van der Waals surface area contributed by atoms with Gasteiger partial charge in [-0.25, -0.2) is 0 Å². The van der Waals surface area contributed by atoms with Crippen LogP contribution in [-0.2, 0) is 14.9 Å². The number of rotatable bonds is 6. The third-order valence-corrected chi connectivity index (χ3v) is 3.89. The fraction of sp³-hybridized carbons (Fsp3) is 0.333. The molecule has 0 saturated carbocycles. The quantitative estimate of drug-likeness (QED) is 0.811. The van der Waals surface area contributed by atoms with Crippen LogP contribution >= 0.6 is 12.4 Å². The zero-order chi connectivity index (χ0) is 16.9. The second kappa shape index (κ2) is 8.66. The molecule has 1 atom stereocenters. The number of hydrogen-bond donors (Lipinski definition) is 1. The van der Waals surface area contributed by atoms with Gasteiger partial charge in [0.05, 0.1) is 19.4 Å². The Morgan fingerprint density at radius 2 is 2.04 bits per heavy atom. The third kappa shape index (κ3) is 3.86. The third-order valence-electron chi connectivity index (χ3n) is 3.89. The molecule has 1 heterocycles. The standard InChI is InChI=1S/C18H22N2O3.ClH/c1-4-23-17(21)18(2,12-19)14-11-13(8-9-16(14)22-3)15-7-5-6-10-20-15;/h5-11H,4,12,19H2,1-3H3;1H. The SMILES string of the molecule is CCOC(=O)C(C)(CN)c1cc(-c2ccccn2)ccc1OC.Cl. The summed E-state index contributed by atoms with van der Waals surface area (Å²) in [5.74, 6) is 0.240. The molecule has 0 spiro atoms. The molecule has 0 aliphatic rings. The molecular weight excluding hydrogens is 328 g/mol. The van der Waals surface area contributed by atoms with Gasteiger partial charge in [0, 0.05) is 23.9 Å². The van der Waals surface area contributed by atoms with E-state index in [1.165, 1.54) is 0 Å². The van der Waals surface area contributed by atoms with E-state index in [0.717, 1.165) is 11.3 Å². The first kappa shape index (κ1) is 19.9. The summed E-state index contributed by atoms with van der Waals surface area (Å²) in [6.45, 7) is 3.96. The average Bonchev–Trinajstić information content (AvgIpc) is 2.61. The summed E-state index contributed by atoms with van der Waals surface area (Å²) in [5.41, 5.74) is 7.34. The first-order valence-corrected chi connectivity index (χ1v) is 7.54. The highest BCUT2D eigenvalue weighted by Crippen LogP contribution is 2.35. The molecule has 1 aromatic carbocycles. The number of aromatic nitrogens is 1. The van der Waals surface area contributed by atoms with Gasteiger partial charge < -0.3 is 15.2 Å². The van der Waals surface area contributed by atoms with E-state index in [1.807, 2.05) is 36.4 Å². The maximum Gasteiger partial charge on any atom is 0.317 e. The number of halogens is 1. The van der Waals surface area contributed by atoms with E-state index in [2.05, 4.69) is 4.98 Å². The van der Waals surface area contributed by atoms with E-state index in [9.17, 15) is 4.79 Å². The van der Waals surface area contributed by atoms with Gasteiger partial charge in [-0.1, -0.05) is 6.07 Å². The van der Waals surface area contributed by atoms with Crippen molar-refractivity contribution in [1.29, 1.82) is 0 Å². The minimum Gasteiger partial charge on any atom is -0.496 e. The molecule has 0 radical (unpaired) electrons. The van der Waals surface area contributed by atoms with Gasteiger partial charge in [-0.05, 0) is 44.2 Å². The average molecular weight is 351 g/mol. The second-order valence-electron chi connectivity index (χ2n) is 5.39. The first-order valence-electron chi connectivity index (χ1n) is 7.54. The molecule has 0 aliphatic heterocycles. The maximum absolute atomic E-state index is 12.4. The van der Waals surface area contributed by atoms with Crippen LogP contribution in [0.4, 0.5) is 0 Å². The van der Waals surface area contributed by atoms with Crippen molar-refractivity contribution in [3.8, 4) is 17.0 Å². The molecule has 0 saturated heterocycles. The Hall–Kier alpha value is -2.11. The molecule has 5 nitrogen and oxygen atoms in total. The molecule has 0 amide bonds.